The maximum Gasteiger partial charge on any atom is 0.338 e. The summed E-state index contributed by atoms with van der Waals surface area (Å²) in [6.07, 6.45) is 1.66. The molecule has 2 aromatic heterocycles. The molecule has 0 aliphatic carbocycles. The van der Waals surface area contributed by atoms with Crippen molar-refractivity contribution < 1.29 is 23.4 Å². The fourth-order valence-corrected chi connectivity index (χ4v) is 5.07. The summed E-state index contributed by atoms with van der Waals surface area (Å²) in [7, 11) is 0. The van der Waals surface area contributed by atoms with E-state index in [1.165, 1.54) is 15.9 Å². The summed E-state index contributed by atoms with van der Waals surface area (Å²) in [6.45, 7) is 3.81. The van der Waals surface area contributed by atoms with Crippen molar-refractivity contribution in [3.8, 4) is 11.5 Å². The molecule has 0 bridgehead atoms. The Balaban J connectivity index is 1.73. The Kier molecular flexibility index (Phi) is 5.26. The standard InChI is InChI=1S/C22H17BrN2O6S/c1-3-28-21(27)18-11(2)24-22-25(19(18)12-4-6-14-15(8-12)30-10-29-14)20(26)16(32-22)9-13-5-7-17(23)31-13/h4-9,19H,3,10H2,1-2H3. The summed E-state index contributed by atoms with van der Waals surface area (Å²) in [5.41, 5.74) is 1.23. The average molecular weight is 517 g/mol. The molecule has 0 radical (unpaired) electrons. The van der Waals surface area contributed by atoms with Crippen molar-refractivity contribution in [3.63, 3.8) is 0 Å². The lowest BCUT2D eigenvalue weighted by Gasteiger charge is -2.24. The Morgan fingerprint density at radius 2 is 2.12 bits per heavy atom. The van der Waals surface area contributed by atoms with E-state index in [2.05, 4.69) is 20.9 Å². The molecule has 2 aliphatic rings. The van der Waals surface area contributed by atoms with Crippen LogP contribution in [0.15, 0.2) is 60.5 Å². The van der Waals surface area contributed by atoms with Gasteiger partial charge in [0.1, 0.15) is 5.76 Å². The number of ether oxygens (including phenoxy) is 3. The fraction of sp³-hybridized carbons (Fsp3) is 0.227. The van der Waals surface area contributed by atoms with Crippen molar-refractivity contribution in [2.24, 2.45) is 4.99 Å². The van der Waals surface area contributed by atoms with Crippen LogP contribution in [0.25, 0.3) is 6.08 Å². The molecule has 0 N–H and O–H groups in total. The van der Waals surface area contributed by atoms with E-state index < -0.39 is 12.0 Å². The van der Waals surface area contributed by atoms with E-state index in [0.717, 1.165) is 0 Å². The van der Waals surface area contributed by atoms with Crippen LogP contribution in [0.4, 0.5) is 0 Å². The number of carbonyl (C=O) groups is 1. The Morgan fingerprint density at radius 1 is 1.31 bits per heavy atom. The van der Waals surface area contributed by atoms with Crippen molar-refractivity contribution in [2.45, 2.75) is 19.9 Å². The molecule has 1 aromatic carbocycles. The number of aromatic nitrogens is 1. The molecule has 164 valence electrons. The maximum absolute atomic E-state index is 13.5. The second-order valence-corrected chi connectivity index (χ2v) is 8.85. The lowest BCUT2D eigenvalue weighted by molar-refractivity contribution is -0.139. The van der Waals surface area contributed by atoms with Gasteiger partial charge in [-0.15, -0.1) is 0 Å². The van der Waals surface area contributed by atoms with E-state index in [9.17, 15) is 9.59 Å². The predicted molar refractivity (Wildman–Crippen MR) is 119 cm³/mol. The van der Waals surface area contributed by atoms with Crippen LogP contribution in [0, 0.1) is 0 Å². The third kappa shape index (κ3) is 3.49. The van der Waals surface area contributed by atoms with Crippen LogP contribution in [0.2, 0.25) is 0 Å². The van der Waals surface area contributed by atoms with Gasteiger partial charge in [-0.05, 0) is 59.6 Å². The number of carbonyl (C=O) groups excluding carboxylic acids is 1. The van der Waals surface area contributed by atoms with E-state index in [0.29, 0.717) is 48.1 Å². The van der Waals surface area contributed by atoms with Gasteiger partial charge in [0.15, 0.2) is 21.0 Å². The van der Waals surface area contributed by atoms with Crippen molar-refractivity contribution in [2.75, 3.05) is 13.4 Å². The number of hydrogen-bond donors (Lipinski definition) is 0. The zero-order valence-corrected chi connectivity index (χ0v) is 19.5. The van der Waals surface area contributed by atoms with Crippen molar-refractivity contribution in [1.29, 1.82) is 0 Å². The number of nitrogens with zero attached hydrogens (tertiary/aromatic N) is 2. The van der Waals surface area contributed by atoms with Crippen LogP contribution < -0.4 is 24.4 Å². The van der Waals surface area contributed by atoms with Crippen molar-refractivity contribution in [1.82, 2.24) is 4.57 Å². The van der Waals surface area contributed by atoms with Crippen LogP contribution in [-0.2, 0) is 9.53 Å². The first kappa shape index (κ1) is 20.8. The molecule has 0 saturated heterocycles. The zero-order chi connectivity index (χ0) is 22.4. The number of benzene rings is 1. The van der Waals surface area contributed by atoms with Gasteiger partial charge in [-0.3, -0.25) is 9.36 Å². The predicted octanol–water partition coefficient (Wildman–Crippen LogP) is 2.88. The molecule has 5 rings (SSSR count). The minimum absolute atomic E-state index is 0.125. The van der Waals surface area contributed by atoms with E-state index in [4.69, 9.17) is 18.6 Å². The molecule has 0 fully saturated rings. The summed E-state index contributed by atoms with van der Waals surface area (Å²) in [6, 6.07) is 8.16. The highest BCUT2D eigenvalue weighted by Crippen LogP contribution is 2.38. The number of allylic oxidation sites excluding steroid dienone is 1. The van der Waals surface area contributed by atoms with Gasteiger partial charge in [-0.1, -0.05) is 17.4 Å². The van der Waals surface area contributed by atoms with Gasteiger partial charge in [0.25, 0.3) is 5.56 Å². The minimum atomic E-state index is -0.717. The van der Waals surface area contributed by atoms with Gasteiger partial charge in [0.2, 0.25) is 6.79 Å². The molecular formula is C22H17BrN2O6S. The molecule has 0 saturated carbocycles. The van der Waals surface area contributed by atoms with Gasteiger partial charge in [-0.25, -0.2) is 9.79 Å². The highest BCUT2D eigenvalue weighted by atomic mass is 79.9. The zero-order valence-electron chi connectivity index (χ0n) is 17.1. The van der Waals surface area contributed by atoms with E-state index >= 15 is 0 Å². The topological polar surface area (TPSA) is 92.3 Å². The molecule has 1 atom stereocenters. The molecule has 4 heterocycles. The SMILES string of the molecule is CCOC(=O)C1=C(C)N=c2sc(=Cc3ccc(Br)o3)c(=O)n2C1c1ccc2c(c1)OCO2. The van der Waals surface area contributed by atoms with Crippen LogP contribution in [0.1, 0.15) is 31.2 Å². The lowest BCUT2D eigenvalue weighted by Crippen LogP contribution is -2.39. The van der Waals surface area contributed by atoms with Crippen molar-refractivity contribution in [3.05, 3.63) is 77.3 Å². The number of furan rings is 1. The van der Waals surface area contributed by atoms with E-state index in [1.54, 1.807) is 44.2 Å². The van der Waals surface area contributed by atoms with Gasteiger partial charge >= 0.3 is 5.97 Å². The van der Waals surface area contributed by atoms with E-state index in [-0.39, 0.29) is 19.0 Å². The number of hydrogen-bond acceptors (Lipinski definition) is 8. The molecule has 0 spiro atoms. The van der Waals surface area contributed by atoms with Crippen molar-refractivity contribution >= 4 is 39.3 Å². The summed E-state index contributed by atoms with van der Waals surface area (Å²) < 4.78 is 24.3. The molecule has 1 unspecified atom stereocenters. The second kappa shape index (κ2) is 8.10. The Hall–Kier alpha value is -3.11. The second-order valence-electron chi connectivity index (χ2n) is 7.06. The summed E-state index contributed by atoms with van der Waals surface area (Å²) in [5.74, 6) is 1.19. The molecule has 8 nitrogen and oxygen atoms in total. The molecule has 10 heteroatoms. The summed E-state index contributed by atoms with van der Waals surface area (Å²) >= 11 is 4.50. The third-order valence-electron chi connectivity index (χ3n) is 5.10. The Morgan fingerprint density at radius 3 is 2.88 bits per heavy atom. The molecule has 0 amide bonds. The van der Waals surface area contributed by atoms with Crippen LogP contribution in [-0.4, -0.2) is 23.9 Å². The summed E-state index contributed by atoms with van der Waals surface area (Å²) in [5, 5.41) is 0. The average Bonchev–Trinajstić information content (AvgIpc) is 3.46. The number of fused-ring (bicyclic) bond motifs is 2. The number of esters is 1. The third-order valence-corrected chi connectivity index (χ3v) is 6.51. The highest BCUT2D eigenvalue weighted by Gasteiger charge is 2.34. The fourth-order valence-electron chi connectivity index (χ4n) is 3.73. The molecule has 2 aliphatic heterocycles. The first-order valence-corrected chi connectivity index (χ1v) is 11.4. The first-order valence-electron chi connectivity index (χ1n) is 9.81. The van der Waals surface area contributed by atoms with Crippen LogP contribution in [0.3, 0.4) is 0 Å². The Bertz CT molecular complexity index is 1450. The Labute approximate surface area is 194 Å². The normalized spacial score (nSPS) is 17.3. The largest absolute Gasteiger partial charge is 0.463 e. The molecular weight excluding hydrogens is 500 g/mol. The van der Waals surface area contributed by atoms with Crippen LogP contribution in [0.5, 0.6) is 11.5 Å². The lowest BCUT2D eigenvalue weighted by atomic mass is 9.95. The van der Waals surface area contributed by atoms with Gasteiger partial charge in [0, 0.05) is 6.08 Å². The van der Waals surface area contributed by atoms with E-state index in [1.807, 2.05) is 6.07 Å². The molecule has 32 heavy (non-hydrogen) atoms. The van der Waals surface area contributed by atoms with Gasteiger partial charge < -0.3 is 18.6 Å². The van der Waals surface area contributed by atoms with Crippen LogP contribution >= 0.6 is 27.3 Å². The minimum Gasteiger partial charge on any atom is -0.463 e. The maximum atomic E-state index is 13.5. The number of rotatable bonds is 4. The number of thiazole rings is 1. The quantitative estimate of drug-likeness (QED) is 0.495. The monoisotopic (exact) mass is 516 g/mol. The highest BCUT2D eigenvalue weighted by molar-refractivity contribution is 9.10. The van der Waals surface area contributed by atoms with Gasteiger partial charge in [0.05, 0.1) is 28.5 Å². The summed E-state index contributed by atoms with van der Waals surface area (Å²) in [4.78, 5) is 31.4. The first-order chi connectivity index (χ1) is 15.5. The smallest absolute Gasteiger partial charge is 0.338 e. The molecule has 3 aromatic rings. The van der Waals surface area contributed by atoms with Gasteiger partial charge in [-0.2, -0.15) is 0 Å². The number of halogens is 1.